The summed E-state index contributed by atoms with van der Waals surface area (Å²) in [5.74, 6) is 0.903. The number of hydrogen-bond acceptors (Lipinski definition) is 5. The van der Waals surface area contributed by atoms with Crippen molar-refractivity contribution in [1.29, 1.82) is 0 Å². The summed E-state index contributed by atoms with van der Waals surface area (Å²) in [6.07, 6.45) is 0.0646. The molecule has 0 amide bonds. The van der Waals surface area contributed by atoms with E-state index in [1.54, 1.807) is 7.11 Å². The van der Waals surface area contributed by atoms with Crippen LogP contribution < -0.4 is 14.8 Å². The molecule has 1 aromatic rings. The van der Waals surface area contributed by atoms with E-state index in [4.69, 9.17) is 14.2 Å². The smallest absolute Gasteiger partial charge is 0.347 e. The lowest BCUT2D eigenvalue weighted by Gasteiger charge is -2.14. The van der Waals surface area contributed by atoms with E-state index in [1.807, 2.05) is 18.2 Å². The standard InChI is InChI=1S/C14H19NO4/c1-3-15-9-10-4-5-11(13(8-10)17-2)19-12-6-7-18-14(12)16/h4-5,8,12,15H,3,6-7,9H2,1-2H3. The summed E-state index contributed by atoms with van der Waals surface area (Å²) in [6, 6.07) is 5.70. The van der Waals surface area contributed by atoms with Gasteiger partial charge in [-0.15, -0.1) is 0 Å². The third kappa shape index (κ3) is 3.38. The van der Waals surface area contributed by atoms with Gasteiger partial charge in [0.15, 0.2) is 17.6 Å². The maximum Gasteiger partial charge on any atom is 0.347 e. The van der Waals surface area contributed by atoms with Crippen LogP contribution in [0.25, 0.3) is 0 Å². The monoisotopic (exact) mass is 265 g/mol. The van der Waals surface area contributed by atoms with Gasteiger partial charge in [0.2, 0.25) is 0 Å². The Kier molecular flexibility index (Phi) is 4.63. The second-order valence-corrected chi connectivity index (χ2v) is 4.33. The van der Waals surface area contributed by atoms with Crippen LogP contribution in [0.5, 0.6) is 11.5 Å². The minimum Gasteiger partial charge on any atom is -0.493 e. The first-order valence-electron chi connectivity index (χ1n) is 6.45. The molecule has 19 heavy (non-hydrogen) atoms. The SMILES string of the molecule is CCNCc1ccc(OC2CCOC2=O)c(OC)c1. The molecule has 1 fully saturated rings. The summed E-state index contributed by atoms with van der Waals surface area (Å²) in [6.45, 7) is 4.16. The molecule has 0 aromatic heterocycles. The van der Waals surface area contributed by atoms with Gasteiger partial charge in [-0.1, -0.05) is 13.0 Å². The van der Waals surface area contributed by atoms with E-state index in [2.05, 4.69) is 12.2 Å². The molecule has 1 N–H and O–H groups in total. The van der Waals surface area contributed by atoms with Crippen molar-refractivity contribution < 1.29 is 19.0 Å². The Morgan fingerprint density at radius 3 is 2.89 bits per heavy atom. The van der Waals surface area contributed by atoms with Gasteiger partial charge in [-0.05, 0) is 24.2 Å². The van der Waals surface area contributed by atoms with E-state index < -0.39 is 6.10 Å². The molecular formula is C14H19NO4. The molecule has 5 nitrogen and oxygen atoms in total. The van der Waals surface area contributed by atoms with Gasteiger partial charge in [-0.2, -0.15) is 0 Å². The molecule has 104 valence electrons. The summed E-state index contributed by atoms with van der Waals surface area (Å²) < 4.78 is 15.8. The van der Waals surface area contributed by atoms with Crippen LogP contribution in [0.3, 0.4) is 0 Å². The Labute approximate surface area is 112 Å². The Bertz CT molecular complexity index is 447. The number of hydrogen-bond donors (Lipinski definition) is 1. The molecule has 0 radical (unpaired) electrons. The zero-order chi connectivity index (χ0) is 13.7. The maximum atomic E-state index is 11.4. The number of carbonyl (C=O) groups excluding carboxylic acids is 1. The fourth-order valence-electron chi connectivity index (χ4n) is 1.93. The van der Waals surface area contributed by atoms with Gasteiger partial charge < -0.3 is 19.5 Å². The van der Waals surface area contributed by atoms with Crippen LogP contribution in [0.2, 0.25) is 0 Å². The van der Waals surface area contributed by atoms with E-state index in [1.165, 1.54) is 0 Å². The molecule has 1 atom stereocenters. The molecule has 1 aliphatic heterocycles. The molecule has 1 saturated heterocycles. The van der Waals surface area contributed by atoms with Crippen molar-refractivity contribution in [2.24, 2.45) is 0 Å². The number of benzene rings is 1. The van der Waals surface area contributed by atoms with E-state index >= 15 is 0 Å². The summed E-state index contributed by atoms with van der Waals surface area (Å²) in [5, 5.41) is 3.25. The van der Waals surface area contributed by atoms with Crippen molar-refractivity contribution >= 4 is 5.97 Å². The summed E-state index contributed by atoms with van der Waals surface area (Å²) in [4.78, 5) is 11.4. The highest BCUT2D eigenvalue weighted by Gasteiger charge is 2.29. The Balaban J connectivity index is 2.09. The number of methoxy groups -OCH3 is 1. The van der Waals surface area contributed by atoms with Gasteiger partial charge in [-0.3, -0.25) is 0 Å². The van der Waals surface area contributed by atoms with Crippen LogP contribution in [-0.2, 0) is 16.1 Å². The van der Waals surface area contributed by atoms with Crippen molar-refractivity contribution in [2.45, 2.75) is 26.0 Å². The molecular weight excluding hydrogens is 246 g/mol. The van der Waals surface area contributed by atoms with Crippen LogP contribution in [0, 0.1) is 0 Å². The van der Waals surface area contributed by atoms with Gasteiger partial charge in [0.05, 0.1) is 13.7 Å². The highest BCUT2D eigenvalue weighted by molar-refractivity contribution is 5.77. The van der Waals surface area contributed by atoms with Crippen LogP contribution >= 0.6 is 0 Å². The molecule has 0 aliphatic carbocycles. The summed E-state index contributed by atoms with van der Waals surface area (Å²) in [5.41, 5.74) is 1.11. The van der Waals surface area contributed by atoms with Crippen molar-refractivity contribution in [3.63, 3.8) is 0 Å². The first-order chi connectivity index (χ1) is 9.24. The predicted molar refractivity (Wildman–Crippen MR) is 70.4 cm³/mol. The Morgan fingerprint density at radius 1 is 1.42 bits per heavy atom. The van der Waals surface area contributed by atoms with Crippen LogP contribution in [0.4, 0.5) is 0 Å². The molecule has 0 bridgehead atoms. The van der Waals surface area contributed by atoms with Gasteiger partial charge in [-0.25, -0.2) is 4.79 Å². The fourth-order valence-corrected chi connectivity index (χ4v) is 1.93. The molecule has 0 spiro atoms. The lowest BCUT2D eigenvalue weighted by molar-refractivity contribution is -0.143. The number of cyclic esters (lactones) is 1. The third-order valence-electron chi connectivity index (χ3n) is 2.96. The van der Waals surface area contributed by atoms with E-state index in [9.17, 15) is 4.79 Å². The Hall–Kier alpha value is -1.75. The van der Waals surface area contributed by atoms with Crippen LogP contribution in [-0.4, -0.2) is 32.3 Å². The molecule has 1 aliphatic rings. The number of ether oxygens (including phenoxy) is 3. The fraction of sp³-hybridized carbons (Fsp3) is 0.500. The Morgan fingerprint density at radius 2 is 2.26 bits per heavy atom. The summed E-state index contributed by atoms with van der Waals surface area (Å²) >= 11 is 0. The lowest BCUT2D eigenvalue weighted by atomic mass is 10.2. The topological polar surface area (TPSA) is 56.8 Å². The highest BCUT2D eigenvalue weighted by Crippen LogP contribution is 2.30. The first-order valence-corrected chi connectivity index (χ1v) is 6.45. The van der Waals surface area contributed by atoms with E-state index in [0.717, 1.165) is 18.7 Å². The normalized spacial score (nSPS) is 18.2. The lowest BCUT2D eigenvalue weighted by Crippen LogP contribution is -2.22. The average Bonchev–Trinajstić information content (AvgIpc) is 2.83. The zero-order valence-corrected chi connectivity index (χ0v) is 11.3. The molecule has 0 saturated carbocycles. The van der Waals surface area contributed by atoms with Crippen LogP contribution in [0.15, 0.2) is 18.2 Å². The molecule has 5 heteroatoms. The van der Waals surface area contributed by atoms with Crippen LogP contribution in [0.1, 0.15) is 18.9 Å². The minimum absolute atomic E-state index is 0.307. The molecule has 1 aromatic carbocycles. The van der Waals surface area contributed by atoms with Gasteiger partial charge in [0, 0.05) is 13.0 Å². The van der Waals surface area contributed by atoms with Crippen molar-refractivity contribution in [1.82, 2.24) is 5.32 Å². The second-order valence-electron chi connectivity index (χ2n) is 4.33. The second kappa shape index (κ2) is 6.43. The number of esters is 1. The minimum atomic E-state index is -0.520. The molecule has 2 rings (SSSR count). The number of nitrogens with one attached hydrogen (secondary N) is 1. The van der Waals surface area contributed by atoms with Gasteiger partial charge in [0.25, 0.3) is 0 Å². The van der Waals surface area contributed by atoms with Gasteiger partial charge in [0.1, 0.15) is 0 Å². The average molecular weight is 265 g/mol. The summed E-state index contributed by atoms with van der Waals surface area (Å²) in [7, 11) is 1.59. The maximum absolute atomic E-state index is 11.4. The van der Waals surface area contributed by atoms with E-state index in [-0.39, 0.29) is 5.97 Å². The predicted octanol–water partition coefficient (Wildman–Crippen LogP) is 1.50. The van der Waals surface area contributed by atoms with E-state index in [0.29, 0.717) is 24.5 Å². The quantitative estimate of drug-likeness (QED) is 0.790. The largest absolute Gasteiger partial charge is 0.493 e. The first kappa shape index (κ1) is 13.7. The number of rotatable bonds is 6. The molecule has 1 heterocycles. The highest BCUT2D eigenvalue weighted by atomic mass is 16.6. The van der Waals surface area contributed by atoms with Crippen molar-refractivity contribution in [2.75, 3.05) is 20.3 Å². The molecule has 1 unspecified atom stereocenters. The third-order valence-corrected chi connectivity index (χ3v) is 2.96. The number of carbonyl (C=O) groups is 1. The van der Waals surface area contributed by atoms with Crippen molar-refractivity contribution in [3.8, 4) is 11.5 Å². The van der Waals surface area contributed by atoms with Gasteiger partial charge >= 0.3 is 5.97 Å². The van der Waals surface area contributed by atoms with Crippen molar-refractivity contribution in [3.05, 3.63) is 23.8 Å². The zero-order valence-electron chi connectivity index (χ0n) is 11.3.